The summed E-state index contributed by atoms with van der Waals surface area (Å²) in [5.41, 5.74) is 13.6. The van der Waals surface area contributed by atoms with Gasteiger partial charge in [0.1, 0.15) is 0 Å². The molecule has 0 spiro atoms. The smallest absolute Gasteiger partial charge is 0.0584 e. The quantitative estimate of drug-likeness (QED) is 0.184. The van der Waals surface area contributed by atoms with Gasteiger partial charge in [0.2, 0.25) is 0 Å². The van der Waals surface area contributed by atoms with Crippen LogP contribution in [0.4, 0.5) is 0 Å². The zero-order chi connectivity index (χ0) is 39.2. The maximum Gasteiger partial charge on any atom is 0.0584 e. The zero-order valence-electron chi connectivity index (χ0n) is 32.4. The van der Waals surface area contributed by atoms with Crippen molar-refractivity contribution in [1.29, 1.82) is 0 Å². The van der Waals surface area contributed by atoms with E-state index in [1.54, 1.807) is 0 Å². The molecule has 280 valence electrons. The largest absolute Gasteiger partial charge is 0.309 e. The van der Waals surface area contributed by atoms with Crippen LogP contribution >= 0.6 is 22.7 Å². The molecule has 2 atom stereocenters. The highest BCUT2D eigenvalue weighted by Gasteiger charge is 2.33. The van der Waals surface area contributed by atoms with E-state index in [0.29, 0.717) is 0 Å². The minimum Gasteiger partial charge on any atom is -0.309 e. The molecule has 8 aromatic carbocycles. The van der Waals surface area contributed by atoms with Crippen LogP contribution in [0.25, 0.3) is 84.5 Å². The highest BCUT2D eigenvalue weighted by atomic mass is 32.1. The Morgan fingerprint density at radius 1 is 0.492 bits per heavy atom. The Morgan fingerprint density at radius 3 is 1.78 bits per heavy atom. The molecule has 0 saturated carbocycles. The van der Waals surface area contributed by atoms with Crippen molar-refractivity contribution in [3.63, 3.8) is 0 Å². The van der Waals surface area contributed by atoms with E-state index >= 15 is 0 Å². The summed E-state index contributed by atoms with van der Waals surface area (Å²) in [6.07, 6.45) is 0. The van der Waals surface area contributed by atoms with E-state index < -0.39 is 0 Å². The fourth-order valence-electron chi connectivity index (χ4n) is 9.96. The van der Waals surface area contributed by atoms with E-state index in [1.807, 2.05) is 22.7 Å². The Balaban J connectivity index is 1.09. The van der Waals surface area contributed by atoms with Gasteiger partial charge in [0.05, 0.1) is 23.1 Å². The van der Waals surface area contributed by atoms with Crippen LogP contribution in [-0.2, 0) is 0 Å². The lowest BCUT2D eigenvalue weighted by molar-refractivity contribution is 0.522. The summed E-state index contributed by atoms with van der Waals surface area (Å²) in [6.45, 7) is 7.05. The van der Waals surface area contributed by atoms with Crippen LogP contribution in [0.15, 0.2) is 200 Å². The van der Waals surface area contributed by atoms with E-state index in [1.165, 1.54) is 107 Å². The Kier molecular flexibility index (Phi) is 7.89. The molecule has 12 rings (SSSR count). The molecule has 0 aliphatic carbocycles. The maximum atomic E-state index is 4.75. The third-order valence-electron chi connectivity index (χ3n) is 12.5. The lowest BCUT2D eigenvalue weighted by Gasteiger charge is -2.37. The molecule has 11 aromatic rings. The average Bonchev–Trinajstić information content (AvgIpc) is 3.97. The second-order valence-electron chi connectivity index (χ2n) is 15.7. The van der Waals surface area contributed by atoms with Crippen molar-refractivity contribution in [2.45, 2.75) is 19.0 Å². The molecule has 1 aliphatic rings. The van der Waals surface area contributed by atoms with Crippen molar-refractivity contribution in [1.82, 2.24) is 9.88 Å². The van der Waals surface area contributed by atoms with Crippen molar-refractivity contribution < 1.29 is 0 Å². The first-order chi connectivity index (χ1) is 29.1. The minimum atomic E-state index is -0.0330. The second-order valence-corrected chi connectivity index (χ2v) is 17.9. The number of rotatable bonds is 5. The SMILES string of the molecule is C=C1C(c2ccccc2)=C(C)C(c2cccc3sc4cccc(-c5cccc6sc7ccc(-n8c9ccccc9c9ccccc98)cc7c56)c4c23)NC1c1ccccc1. The van der Waals surface area contributed by atoms with Gasteiger partial charge in [0, 0.05) is 56.8 Å². The van der Waals surface area contributed by atoms with Crippen LogP contribution in [-0.4, -0.2) is 4.57 Å². The second kappa shape index (κ2) is 13.5. The third kappa shape index (κ3) is 5.27. The number of nitrogens with one attached hydrogen (secondary N) is 1. The first-order valence-electron chi connectivity index (χ1n) is 20.3. The van der Waals surface area contributed by atoms with Gasteiger partial charge in [-0.1, -0.05) is 140 Å². The molecular weight excluding hydrogens is 753 g/mol. The predicted molar refractivity (Wildman–Crippen MR) is 255 cm³/mol. The first kappa shape index (κ1) is 34.5. The van der Waals surface area contributed by atoms with E-state index in [9.17, 15) is 0 Å². The number of nitrogens with zero attached hydrogens (tertiary/aromatic N) is 1. The Labute approximate surface area is 350 Å². The summed E-state index contributed by atoms with van der Waals surface area (Å²) in [5.74, 6) is 0. The van der Waals surface area contributed by atoms with Crippen LogP contribution < -0.4 is 5.32 Å². The molecule has 4 heteroatoms. The van der Waals surface area contributed by atoms with E-state index in [4.69, 9.17) is 6.58 Å². The Morgan fingerprint density at radius 2 is 1.07 bits per heavy atom. The van der Waals surface area contributed by atoms with Crippen LogP contribution in [0.3, 0.4) is 0 Å². The molecule has 0 fully saturated rings. The van der Waals surface area contributed by atoms with Crippen molar-refractivity contribution in [2.24, 2.45) is 0 Å². The summed E-state index contributed by atoms with van der Waals surface area (Å²) in [7, 11) is 0. The highest BCUT2D eigenvalue weighted by Crippen LogP contribution is 2.50. The van der Waals surface area contributed by atoms with Gasteiger partial charge in [-0.05, 0) is 100.0 Å². The standard InChI is InChI=1S/C55H38N2S2/c1-33-50(35-16-5-3-6-17-35)34(2)55(56-54(33)36-18-7-4-8-19-36)42-24-15-29-49-53(42)52-41(23-14-28-48(52)59-49)40-22-13-27-47-51(40)43-32-37(30-31-46(43)58-47)57-44-25-11-9-20-38(44)39-21-10-12-26-45(39)57/h3-32,54-56H,1H2,2H3. The number of hydrogen-bond acceptors (Lipinski definition) is 3. The van der Waals surface area contributed by atoms with Gasteiger partial charge in [0.25, 0.3) is 0 Å². The fourth-order valence-corrected chi connectivity index (χ4v) is 12.2. The average molecular weight is 791 g/mol. The monoisotopic (exact) mass is 790 g/mol. The topological polar surface area (TPSA) is 17.0 Å². The van der Waals surface area contributed by atoms with E-state index in [0.717, 1.165) is 5.57 Å². The number of para-hydroxylation sites is 2. The van der Waals surface area contributed by atoms with Gasteiger partial charge in [-0.15, -0.1) is 22.7 Å². The van der Waals surface area contributed by atoms with Gasteiger partial charge >= 0.3 is 0 Å². The molecule has 0 bridgehead atoms. The van der Waals surface area contributed by atoms with E-state index in [2.05, 4.69) is 199 Å². The molecule has 0 saturated heterocycles. The lowest BCUT2D eigenvalue weighted by Crippen LogP contribution is -2.33. The van der Waals surface area contributed by atoms with Crippen molar-refractivity contribution in [3.8, 4) is 16.8 Å². The lowest BCUT2D eigenvalue weighted by atomic mass is 9.78. The van der Waals surface area contributed by atoms with Crippen molar-refractivity contribution in [3.05, 3.63) is 216 Å². The maximum absolute atomic E-state index is 4.75. The molecule has 1 aliphatic heterocycles. The number of thiophene rings is 2. The molecule has 3 aromatic heterocycles. The Hall–Kier alpha value is -6.56. The molecule has 0 radical (unpaired) electrons. The summed E-state index contributed by atoms with van der Waals surface area (Å²) in [6, 6.07) is 66.8. The number of hydrogen-bond donors (Lipinski definition) is 1. The molecule has 1 N–H and O–H groups in total. The normalized spacial score (nSPS) is 16.1. The molecule has 0 amide bonds. The number of benzene rings is 8. The fraction of sp³-hybridized carbons (Fsp3) is 0.0545. The molecule has 2 nitrogen and oxygen atoms in total. The third-order valence-corrected chi connectivity index (χ3v) is 14.8. The number of fused-ring (bicyclic) bond motifs is 9. The van der Waals surface area contributed by atoms with Gasteiger partial charge in [0.15, 0.2) is 0 Å². The van der Waals surface area contributed by atoms with E-state index in [-0.39, 0.29) is 12.1 Å². The predicted octanol–water partition coefficient (Wildman–Crippen LogP) is 15.6. The highest BCUT2D eigenvalue weighted by molar-refractivity contribution is 7.26. The summed E-state index contributed by atoms with van der Waals surface area (Å²) >= 11 is 3.78. The first-order valence-corrected chi connectivity index (χ1v) is 21.9. The van der Waals surface area contributed by atoms with Crippen LogP contribution in [0.2, 0.25) is 0 Å². The van der Waals surface area contributed by atoms with Gasteiger partial charge < -0.3 is 4.57 Å². The summed E-state index contributed by atoms with van der Waals surface area (Å²) < 4.78 is 7.64. The van der Waals surface area contributed by atoms with Crippen LogP contribution in [0, 0.1) is 0 Å². The summed E-state index contributed by atoms with van der Waals surface area (Å²) in [5, 5.41) is 11.9. The van der Waals surface area contributed by atoms with Crippen molar-refractivity contribution >= 4 is 90.4 Å². The summed E-state index contributed by atoms with van der Waals surface area (Å²) in [4.78, 5) is 0. The minimum absolute atomic E-state index is 0.0259. The van der Waals surface area contributed by atoms with Gasteiger partial charge in [-0.3, -0.25) is 5.32 Å². The Bertz CT molecular complexity index is 3460. The van der Waals surface area contributed by atoms with Crippen LogP contribution in [0.1, 0.15) is 35.7 Å². The molecule has 2 unspecified atom stereocenters. The molecule has 59 heavy (non-hydrogen) atoms. The number of aromatic nitrogens is 1. The van der Waals surface area contributed by atoms with Gasteiger partial charge in [-0.2, -0.15) is 0 Å². The molecular formula is C55H38N2S2. The van der Waals surface area contributed by atoms with Crippen molar-refractivity contribution in [2.75, 3.05) is 0 Å². The van der Waals surface area contributed by atoms with Crippen LogP contribution in [0.5, 0.6) is 0 Å². The van der Waals surface area contributed by atoms with Gasteiger partial charge in [-0.25, -0.2) is 0 Å². The molecule has 4 heterocycles. The zero-order valence-corrected chi connectivity index (χ0v) is 34.1.